The van der Waals surface area contributed by atoms with Crippen LogP contribution in [0, 0.1) is 11.8 Å². The third-order valence-electron chi connectivity index (χ3n) is 8.37. The Morgan fingerprint density at radius 3 is 2.64 bits per heavy atom. The van der Waals surface area contributed by atoms with Crippen LogP contribution in [0.1, 0.15) is 51.1 Å². The first kappa shape index (κ1) is 29.9. The number of hydrogen-bond acceptors (Lipinski definition) is 11. The molecule has 3 aliphatic rings. The number of aliphatic hydroxyl groups is 2. The van der Waals surface area contributed by atoms with Gasteiger partial charge in [-0.25, -0.2) is 19.7 Å². The van der Waals surface area contributed by atoms with Gasteiger partial charge in [-0.3, -0.25) is 14.2 Å². The van der Waals surface area contributed by atoms with Gasteiger partial charge in [-0.2, -0.15) is 0 Å². The minimum Gasteiger partial charge on any atom is -0.449 e. The molecule has 3 amide bonds. The molecule has 3 aliphatic heterocycles. The molecule has 230 valence electrons. The second kappa shape index (κ2) is 12.8. The molecule has 3 fully saturated rings. The minimum absolute atomic E-state index is 0.0599. The van der Waals surface area contributed by atoms with Gasteiger partial charge >= 0.3 is 6.09 Å². The number of nitrogens with two attached hydrogens (primary N) is 1. The highest BCUT2D eigenvalue weighted by atomic mass is 16.6. The van der Waals surface area contributed by atoms with Crippen molar-refractivity contribution < 1.29 is 34.1 Å². The minimum atomic E-state index is -1.41. The molecule has 0 aliphatic carbocycles. The number of imidazole rings is 1. The molecule has 0 bridgehead atoms. The molecule has 15 heteroatoms. The van der Waals surface area contributed by atoms with Crippen molar-refractivity contribution in [3.63, 3.8) is 0 Å². The SMILES string of the molecule is CCNC(=O)[C@H]1O[C@@H](n2cnc3c(N)nc(CCCC4CCN(C(=O)OCC5CC(=O)N(C)C5)CC4)nc32)[C@@H](O)C1O. The van der Waals surface area contributed by atoms with Crippen LogP contribution >= 0.6 is 0 Å². The summed E-state index contributed by atoms with van der Waals surface area (Å²) in [5.41, 5.74) is 6.87. The van der Waals surface area contributed by atoms with Crippen LogP contribution in [0.5, 0.6) is 0 Å². The molecule has 2 aromatic rings. The number of aromatic nitrogens is 4. The van der Waals surface area contributed by atoms with E-state index in [-0.39, 0.29) is 30.3 Å². The first-order valence-corrected chi connectivity index (χ1v) is 14.6. The monoisotopic (exact) mass is 588 g/mol. The van der Waals surface area contributed by atoms with Crippen molar-refractivity contribution >= 4 is 34.9 Å². The van der Waals surface area contributed by atoms with E-state index >= 15 is 0 Å². The molecule has 0 spiro atoms. The Kier molecular flexibility index (Phi) is 9.08. The van der Waals surface area contributed by atoms with E-state index in [4.69, 9.17) is 15.2 Å². The molecule has 5 heterocycles. The van der Waals surface area contributed by atoms with Crippen molar-refractivity contribution in [1.29, 1.82) is 0 Å². The molecule has 3 saturated heterocycles. The highest BCUT2D eigenvalue weighted by molar-refractivity contribution is 5.83. The number of rotatable bonds is 9. The highest BCUT2D eigenvalue weighted by Gasteiger charge is 2.47. The Balaban J connectivity index is 1.12. The molecule has 2 unspecified atom stereocenters. The number of nitrogen functional groups attached to an aromatic ring is 1. The third kappa shape index (κ3) is 6.27. The van der Waals surface area contributed by atoms with Gasteiger partial charge in [0.25, 0.3) is 5.91 Å². The molecule has 5 N–H and O–H groups in total. The van der Waals surface area contributed by atoms with Crippen LogP contribution in [0.15, 0.2) is 6.33 Å². The standard InChI is InChI=1S/C27H40N8O7/c1-3-29-25(39)22-20(37)21(38)26(42-22)35-14-30-19-23(28)31-17(32-24(19)35)6-4-5-15-7-9-34(10-8-15)27(40)41-13-16-11-18(36)33(2)12-16/h14-16,20-22,26,37-38H,3-13H2,1-2H3,(H,29,39)(H2,28,31,32)/t16?,20?,21-,22-,26+/m0/s1. The number of carbonyl (C=O) groups is 3. The zero-order valence-electron chi connectivity index (χ0n) is 24.0. The maximum absolute atomic E-state index is 12.5. The topological polar surface area (TPSA) is 198 Å². The van der Waals surface area contributed by atoms with Gasteiger partial charge in [0.05, 0.1) is 12.9 Å². The average molecular weight is 589 g/mol. The van der Waals surface area contributed by atoms with E-state index in [2.05, 4.69) is 20.3 Å². The molecular formula is C27H40N8O7. The number of aryl methyl sites for hydroxylation is 1. The van der Waals surface area contributed by atoms with Gasteiger partial charge in [-0.15, -0.1) is 0 Å². The fourth-order valence-electron chi connectivity index (χ4n) is 5.97. The molecule has 0 radical (unpaired) electrons. The van der Waals surface area contributed by atoms with Crippen LogP contribution in [0.25, 0.3) is 11.2 Å². The molecule has 0 saturated carbocycles. The van der Waals surface area contributed by atoms with Gasteiger partial charge in [0.1, 0.15) is 23.5 Å². The molecule has 42 heavy (non-hydrogen) atoms. The molecule has 5 rings (SSSR count). The van der Waals surface area contributed by atoms with E-state index in [1.165, 1.54) is 10.9 Å². The van der Waals surface area contributed by atoms with Gasteiger partial charge in [0.2, 0.25) is 5.91 Å². The van der Waals surface area contributed by atoms with E-state index < -0.39 is 30.4 Å². The van der Waals surface area contributed by atoms with Gasteiger partial charge in [0, 0.05) is 52.0 Å². The number of likely N-dealkylation sites (tertiary alicyclic amines) is 2. The van der Waals surface area contributed by atoms with Crippen LogP contribution in [0.3, 0.4) is 0 Å². The van der Waals surface area contributed by atoms with Crippen molar-refractivity contribution in [2.24, 2.45) is 11.8 Å². The number of nitrogens with one attached hydrogen (secondary N) is 1. The quantitative estimate of drug-likeness (QED) is 0.303. The lowest BCUT2D eigenvalue weighted by atomic mass is 9.91. The third-order valence-corrected chi connectivity index (χ3v) is 8.37. The molecule has 15 nitrogen and oxygen atoms in total. The van der Waals surface area contributed by atoms with E-state index in [1.807, 2.05) is 0 Å². The van der Waals surface area contributed by atoms with Crippen LogP contribution in [-0.2, 0) is 25.5 Å². The molecule has 5 atom stereocenters. The lowest BCUT2D eigenvalue weighted by molar-refractivity contribution is -0.137. The van der Waals surface area contributed by atoms with Crippen LogP contribution in [0.2, 0.25) is 0 Å². The summed E-state index contributed by atoms with van der Waals surface area (Å²) < 4.78 is 12.7. The summed E-state index contributed by atoms with van der Waals surface area (Å²) in [6, 6.07) is 0. The predicted molar refractivity (Wildman–Crippen MR) is 149 cm³/mol. The number of anilines is 1. The van der Waals surface area contributed by atoms with Crippen LogP contribution in [0.4, 0.5) is 10.6 Å². The maximum atomic E-state index is 12.5. The number of amides is 3. The van der Waals surface area contributed by atoms with E-state index in [9.17, 15) is 24.6 Å². The summed E-state index contributed by atoms with van der Waals surface area (Å²) in [4.78, 5) is 53.1. The summed E-state index contributed by atoms with van der Waals surface area (Å²) in [5, 5.41) is 23.6. The number of hydrogen-bond donors (Lipinski definition) is 4. The zero-order chi connectivity index (χ0) is 30.0. The van der Waals surface area contributed by atoms with Crippen molar-refractivity contribution in [3.8, 4) is 0 Å². The lowest BCUT2D eigenvalue weighted by Gasteiger charge is -2.31. The summed E-state index contributed by atoms with van der Waals surface area (Å²) in [6.07, 6.45) is 0.513. The lowest BCUT2D eigenvalue weighted by Crippen LogP contribution is -2.42. The number of aliphatic hydroxyl groups excluding tert-OH is 2. The Morgan fingerprint density at radius 1 is 1.19 bits per heavy atom. The normalized spacial score (nSPS) is 26.8. The zero-order valence-corrected chi connectivity index (χ0v) is 24.0. The Labute approximate surface area is 243 Å². The predicted octanol–water partition coefficient (Wildman–Crippen LogP) is -0.187. The van der Waals surface area contributed by atoms with Crippen LogP contribution in [-0.4, -0.2) is 116 Å². The Bertz CT molecular complexity index is 1300. The summed E-state index contributed by atoms with van der Waals surface area (Å²) in [5.74, 6) is 0.808. The van der Waals surface area contributed by atoms with Gasteiger partial charge in [-0.1, -0.05) is 0 Å². The second-order valence-corrected chi connectivity index (χ2v) is 11.4. The fraction of sp³-hybridized carbons (Fsp3) is 0.704. The number of nitrogens with zero attached hydrogens (tertiary/aromatic N) is 6. The van der Waals surface area contributed by atoms with Gasteiger partial charge in [-0.05, 0) is 38.5 Å². The van der Waals surface area contributed by atoms with Crippen LogP contribution < -0.4 is 11.1 Å². The van der Waals surface area contributed by atoms with E-state index in [0.717, 1.165) is 25.7 Å². The Morgan fingerprint density at radius 2 is 1.95 bits per heavy atom. The fourth-order valence-corrected chi connectivity index (χ4v) is 5.97. The number of carbonyl (C=O) groups excluding carboxylic acids is 3. The highest BCUT2D eigenvalue weighted by Crippen LogP contribution is 2.32. The number of fused-ring (bicyclic) bond motifs is 1. The first-order chi connectivity index (χ1) is 20.2. The molecule has 2 aromatic heterocycles. The average Bonchev–Trinajstić information content (AvgIpc) is 3.63. The van der Waals surface area contributed by atoms with Crippen molar-refractivity contribution in [1.82, 2.24) is 34.6 Å². The maximum Gasteiger partial charge on any atom is 0.409 e. The number of likely N-dealkylation sites (N-methyl/N-ethyl adjacent to an activating group) is 1. The summed E-state index contributed by atoms with van der Waals surface area (Å²) in [6.45, 7) is 4.27. The first-order valence-electron chi connectivity index (χ1n) is 14.6. The Hall–Kier alpha value is -3.56. The number of piperidine rings is 1. The number of ether oxygens (including phenoxy) is 2. The van der Waals surface area contributed by atoms with Gasteiger partial charge in [0.15, 0.2) is 23.8 Å². The second-order valence-electron chi connectivity index (χ2n) is 11.4. The van der Waals surface area contributed by atoms with Crippen molar-refractivity contribution in [2.45, 2.75) is 70.0 Å². The molecule has 0 aromatic carbocycles. The smallest absolute Gasteiger partial charge is 0.409 e. The van der Waals surface area contributed by atoms with Gasteiger partial charge < -0.3 is 40.5 Å². The van der Waals surface area contributed by atoms with E-state index in [0.29, 0.717) is 61.9 Å². The molecular weight excluding hydrogens is 548 g/mol. The largest absolute Gasteiger partial charge is 0.449 e. The van der Waals surface area contributed by atoms with Crippen molar-refractivity contribution in [2.75, 3.05) is 45.6 Å². The summed E-state index contributed by atoms with van der Waals surface area (Å²) >= 11 is 0. The van der Waals surface area contributed by atoms with Crippen molar-refractivity contribution in [3.05, 3.63) is 12.2 Å². The summed E-state index contributed by atoms with van der Waals surface area (Å²) in [7, 11) is 1.76. The van der Waals surface area contributed by atoms with E-state index in [1.54, 1.807) is 23.8 Å².